The van der Waals surface area contributed by atoms with Gasteiger partial charge in [0.15, 0.2) is 6.61 Å². The van der Waals surface area contributed by atoms with Crippen LogP contribution in [0, 0.1) is 27.7 Å². The van der Waals surface area contributed by atoms with Gasteiger partial charge < -0.3 is 10.1 Å². The minimum absolute atomic E-state index is 0.0763. The first kappa shape index (κ1) is 22.1. The lowest BCUT2D eigenvalue weighted by Crippen LogP contribution is -2.42. The number of sulfonamides is 1. The first-order valence-corrected chi connectivity index (χ1v) is 9.90. The Morgan fingerprint density at radius 1 is 1.04 bits per heavy atom. The van der Waals surface area contributed by atoms with Crippen LogP contribution in [0.1, 0.15) is 43.0 Å². The van der Waals surface area contributed by atoms with Crippen molar-refractivity contribution in [2.24, 2.45) is 0 Å². The van der Waals surface area contributed by atoms with E-state index in [1.54, 1.807) is 27.7 Å². The molecule has 0 saturated carbocycles. The molecule has 1 aromatic rings. The maximum absolute atomic E-state index is 12.8. The Labute approximate surface area is 155 Å². The van der Waals surface area contributed by atoms with Crippen LogP contribution in [0.5, 0.6) is 0 Å². The van der Waals surface area contributed by atoms with Crippen LogP contribution in [0.2, 0.25) is 0 Å². The lowest BCUT2D eigenvalue weighted by atomic mass is 10.0. The van der Waals surface area contributed by atoms with Crippen molar-refractivity contribution in [2.45, 2.75) is 65.4 Å². The van der Waals surface area contributed by atoms with E-state index in [-0.39, 0.29) is 10.9 Å². The van der Waals surface area contributed by atoms with Crippen molar-refractivity contribution in [3.05, 3.63) is 28.3 Å². The number of rotatable bonds is 7. The summed E-state index contributed by atoms with van der Waals surface area (Å²) in [7, 11) is -3.92. The molecule has 0 fully saturated rings. The number of hydrogen-bond donors (Lipinski definition) is 2. The zero-order valence-corrected chi connectivity index (χ0v) is 17.2. The number of aryl methyl sites for hydroxylation is 2. The number of benzene rings is 1. The molecular weight excluding hydrogens is 356 g/mol. The molecule has 2 N–H and O–H groups in total. The number of esters is 1. The van der Waals surface area contributed by atoms with Crippen molar-refractivity contribution < 1.29 is 22.7 Å². The van der Waals surface area contributed by atoms with Crippen LogP contribution in [0.25, 0.3) is 0 Å². The van der Waals surface area contributed by atoms with E-state index in [9.17, 15) is 18.0 Å². The van der Waals surface area contributed by atoms with Gasteiger partial charge in [0, 0.05) is 6.04 Å². The average Bonchev–Trinajstić information content (AvgIpc) is 2.49. The summed E-state index contributed by atoms with van der Waals surface area (Å²) in [5, 5.41) is 2.58. The smallest absolute Gasteiger partial charge is 0.324 e. The molecule has 0 aliphatic carbocycles. The Bertz CT molecular complexity index is 774. The lowest BCUT2D eigenvalue weighted by Gasteiger charge is -2.18. The number of nitrogens with one attached hydrogen (secondary N) is 2. The molecule has 1 atom stereocenters. The molecule has 1 amide bonds. The molecular formula is C18H28N2O5S. The fourth-order valence-electron chi connectivity index (χ4n) is 2.55. The van der Waals surface area contributed by atoms with E-state index in [1.807, 2.05) is 19.9 Å². The van der Waals surface area contributed by atoms with Crippen LogP contribution in [0.15, 0.2) is 11.0 Å². The Balaban J connectivity index is 2.91. The maximum atomic E-state index is 12.8. The van der Waals surface area contributed by atoms with Crippen molar-refractivity contribution in [2.75, 3.05) is 6.61 Å². The highest BCUT2D eigenvalue weighted by Crippen LogP contribution is 2.26. The highest BCUT2D eigenvalue weighted by Gasteiger charge is 2.27. The fraction of sp³-hybridized carbons (Fsp3) is 0.556. The van der Waals surface area contributed by atoms with Crippen LogP contribution in [-0.4, -0.2) is 39.0 Å². The molecule has 146 valence electrons. The Hall–Kier alpha value is -1.93. The molecule has 0 unspecified atom stereocenters. The van der Waals surface area contributed by atoms with Crippen molar-refractivity contribution in [3.8, 4) is 0 Å². The number of ether oxygens (including phenoxy) is 1. The van der Waals surface area contributed by atoms with Gasteiger partial charge in [-0.2, -0.15) is 4.72 Å². The molecule has 0 bridgehead atoms. The molecule has 26 heavy (non-hydrogen) atoms. The third-order valence-electron chi connectivity index (χ3n) is 4.05. The molecule has 1 aromatic carbocycles. The maximum Gasteiger partial charge on any atom is 0.324 e. The highest BCUT2D eigenvalue weighted by atomic mass is 32.2. The van der Waals surface area contributed by atoms with E-state index >= 15 is 0 Å². The van der Waals surface area contributed by atoms with Crippen molar-refractivity contribution in [1.82, 2.24) is 10.0 Å². The third kappa shape index (κ3) is 5.54. The summed E-state index contributed by atoms with van der Waals surface area (Å²) in [6, 6.07) is 0.730. The van der Waals surface area contributed by atoms with Crippen molar-refractivity contribution in [3.63, 3.8) is 0 Å². The van der Waals surface area contributed by atoms with E-state index < -0.39 is 34.5 Å². The van der Waals surface area contributed by atoms with Crippen LogP contribution in [0.4, 0.5) is 0 Å². The molecule has 0 heterocycles. The topological polar surface area (TPSA) is 102 Å². The van der Waals surface area contributed by atoms with Crippen LogP contribution < -0.4 is 10.0 Å². The van der Waals surface area contributed by atoms with Gasteiger partial charge in [-0.3, -0.25) is 9.59 Å². The van der Waals surface area contributed by atoms with Gasteiger partial charge in [-0.1, -0.05) is 6.07 Å². The summed E-state index contributed by atoms with van der Waals surface area (Å²) in [6.45, 7) is 11.6. The van der Waals surface area contributed by atoms with Crippen LogP contribution >= 0.6 is 0 Å². The molecule has 0 aromatic heterocycles. The third-order valence-corrected chi connectivity index (χ3v) is 5.86. The first-order valence-electron chi connectivity index (χ1n) is 8.42. The van der Waals surface area contributed by atoms with E-state index in [0.29, 0.717) is 11.1 Å². The Kier molecular flexibility index (Phi) is 7.35. The molecule has 8 heteroatoms. The number of carbonyl (C=O) groups excluding carboxylic acids is 2. The SMILES string of the molecule is Cc1cc(C)c(C)c(S(=O)(=O)N[C@@H](C)C(=O)OCC(=O)NC(C)C)c1C. The second-order valence-electron chi connectivity index (χ2n) is 6.76. The van der Waals surface area contributed by atoms with Crippen molar-refractivity contribution >= 4 is 21.9 Å². The summed E-state index contributed by atoms with van der Waals surface area (Å²) in [6.07, 6.45) is 0. The van der Waals surface area contributed by atoms with Gasteiger partial charge in [0.05, 0.1) is 4.90 Å². The molecule has 1 rings (SSSR count). The predicted octanol–water partition coefficient (Wildman–Crippen LogP) is 1.65. The monoisotopic (exact) mass is 384 g/mol. The zero-order chi connectivity index (χ0) is 20.2. The lowest BCUT2D eigenvalue weighted by molar-refractivity contribution is -0.149. The molecule has 7 nitrogen and oxygen atoms in total. The average molecular weight is 384 g/mol. The van der Waals surface area contributed by atoms with Gasteiger partial charge in [-0.15, -0.1) is 0 Å². The normalized spacial score (nSPS) is 12.8. The molecule has 0 aliphatic rings. The van der Waals surface area contributed by atoms with E-state index in [2.05, 4.69) is 10.0 Å². The second-order valence-corrected chi connectivity index (χ2v) is 8.41. The van der Waals surface area contributed by atoms with Gasteiger partial charge in [0.2, 0.25) is 10.0 Å². The van der Waals surface area contributed by atoms with Gasteiger partial charge in [-0.05, 0) is 70.7 Å². The van der Waals surface area contributed by atoms with Gasteiger partial charge in [0.1, 0.15) is 6.04 Å². The van der Waals surface area contributed by atoms with Crippen LogP contribution in [0.3, 0.4) is 0 Å². The summed E-state index contributed by atoms with van der Waals surface area (Å²) in [5.41, 5.74) is 2.98. The summed E-state index contributed by atoms with van der Waals surface area (Å²) < 4.78 is 32.8. The standard InChI is InChI=1S/C18H28N2O5S/c1-10(2)19-16(21)9-25-18(22)15(7)20-26(23,24)17-13(5)11(3)8-12(4)14(17)6/h8,10,15,20H,9H2,1-7H3,(H,19,21)/t15-/m0/s1. The number of carbonyl (C=O) groups is 2. The summed E-state index contributed by atoms with van der Waals surface area (Å²) in [5.74, 6) is -1.25. The number of hydrogen-bond acceptors (Lipinski definition) is 5. The Morgan fingerprint density at radius 3 is 2.00 bits per heavy atom. The second kappa shape index (κ2) is 8.64. The van der Waals surface area contributed by atoms with E-state index in [1.165, 1.54) is 6.92 Å². The number of amides is 1. The van der Waals surface area contributed by atoms with Crippen LogP contribution in [-0.2, 0) is 24.3 Å². The minimum Gasteiger partial charge on any atom is -0.454 e. The fourth-order valence-corrected chi connectivity index (χ4v) is 4.36. The minimum atomic E-state index is -3.92. The van der Waals surface area contributed by atoms with Gasteiger partial charge in [0.25, 0.3) is 5.91 Å². The van der Waals surface area contributed by atoms with E-state index in [0.717, 1.165) is 11.1 Å². The summed E-state index contributed by atoms with van der Waals surface area (Å²) in [4.78, 5) is 23.7. The quantitative estimate of drug-likeness (QED) is 0.696. The molecule has 0 radical (unpaired) electrons. The van der Waals surface area contributed by atoms with Gasteiger partial charge in [-0.25, -0.2) is 8.42 Å². The van der Waals surface area contributed by atoms with Crippen molar-refractivity contribution in [1.29, 1.82) is 0 Å². The molecule has 0 spiro atoms. The molecule has 0 saturated heterocycles. The Morgan fingerprint density at radius 2 is 1.54 bits per heavy atom. The molecule has 0 aliphatic heterocycles. The van der Waals surface area contributed by atoms with Gasteiger partial charge >= 0.3 is 5.97 Å². The highest BCUT2D eigenvalue weighted by molar-refractivity contribution is 7.89. The zero-order valence-electron chi connectivity index (χ0n) is 16.4. The van der Waals surface area contributed by atoms with E-state index in [4.69, 9.17) is 4.74 Å². The largest absolute Gasteiger partial charge is 0.454 e. The first-order chi connectivity index (χ1) is 11.9. The summed E-state index contributed by atoms with van der Waals surface area (Å²) >= 11 is 0. The predicted molar refractivity (Wildman–Crippen MR) is 99.4 cm³/mol.